The average Bonchev–Trinajstić information content (AvgIpc) is 2.16. The second-order valence-corrected chi connectivity index (χ2v) is 3.06. The fourth-order valence-corrected chi connectivity index (χ4v) is 1.48. The maximum absolute atomic E-state index is 5.19. The van der Waals surface area contributed by atoms with Crippen molar-refractivity contribution in [1.82, 2.24) is 0 Å². The minimum absolute atomic E-state index is 0.417. The van der Waals surface area contributed by atoms with Crippen molar-refractivity contribution in [2.45, 2.75) is 6.61 Å². The van der Waals surface area contributed by atoms with E-state index in [9.17, 15) is 0 Å². The van der Waals surface area contributed by atoms with Crippen molar-refractivity contribution >= 4 is 23.1 Å². The molecule has 0 saturated heterocycles. The first-order chi connectivity index (χ1) is 6.31. The largest absolute Gasteiger partial charge is 0.496 e. The predicted octanol–water partition coefficient (Wildman–Crippen LogP) is 1.92. The topological polar surface area (TPSA) is 30.5 Å². The first-order valence-corrected chi connectivity index (χ1v) is 4.32. The first-order valence-electron chi connectivity index (χ1n) is 3.91. The molecule has 0 atom stereocenters. The average molecular weight is 195 g/mol. The molecule has 1 N–H and O–H groups in total. The SMILES string of the molecule is COc1cccc2c1COC(=S)N2. The van der Waals surface area contributed by atoms with Gasteiger partial charge in [-0.25, -0.2) is 0 Å². The summed E-state index contributed by atoms with van der Waals surface area (Å²) < 4.78 is 10.4. The highest BCUT2D eigenvalue weighted by Crippen LogP contribution is 2.29. The number of methoxy groups -OCH3 is 1. The van der Waals surface area contributed by atoms with Gasteiger partial charge >= 0.3 is 0 Å². The van der Waals surface area contributed by atoms with Gasteiger partial charge in [-0.2, -0.15) is 0 Å². The number of anilines is 1. The van der Waals surface area contributed by atoms with Crippen LogP contribution in [-0.2, 0) is 11.3 Å². The molecule has 1 aliphatic rings. The van der Waals surface area contributed by atoms with Gasteiger partial charge in [0.1, 0.15) is 12.4 Å². The zero-order chi connectivity index (χ0) is 9.26. The number of hydrogen-bond acceptors (Lipinski definition) is 3. The highest BCUT2D eigenvalue weighted by atomic mass is 32.1. The molecule has 1 aliphatic heterocycles. The Balaban J connectivity index is 2.45. The highest BCUT2D eigenvalue weighted by molar-refractivity contribution is 7.80. The molecule has 0 radical (unpaired) electrons. The second kappa shape index (κ2) is 3.22. The van der Waals surface area contributed by atoms with Crippen LogP contribution in [0.2, 0.25) is 0 Å². The lowest BCUT2D eigenvalue weighted by atomic mass is 10.1. The zero-order valence-corrected chi connectivity index (χ0v) is 7.98. The van der Waals surface area contributed by atoms with Crippen LogP contribution in [-0.4, -0.2) is 12.3 Å². The van der Waals surface area contributed by atoms with Crippen molar-refractivity contribution in [3.8, 4) is 5.75 Å². The minimum Gasteiger partial charge on any atom is -0.496 e. The van der Waals surface area contributed by atoms with Crippen molar-refractivity contribution in [2.75, 3.05) is 12.4 Å². The quantitative estimate of drug-likeness (QED) is 0.693. The summed E-state index contributed by atoms with van der Waals surface area (Å²) in [6.45, 7) is 0.477. The molecule has 1 aromatic carbocycles. The highest BCUT2D eigenvalue weighted by Gasteiger charge is 2.16. The Morgan fingerprint density at radius 3 is 3.15 bits per heavy atom. The second-order valence-electron chi connectivity index (χ2n) is 2.69. The molecule has 0 bridgehead atoms. The Labute approximate surface area is 81.7 Å². The van der Waals surface area contributed by atoms with Crippen LogP contribution < -0.4 is 10.1 Å². The van der Waals surface area contributed by atoms with E-state index in [0.717, 1.165) is 17.0 Å². The van der Waals surface area contributed by atoms with Crippen LogP contribution in [0, 0.1) is 0 Å². The Morgan fingerprint density at radius 1 is 1.54 bits per heavy atom. The summed E-state index contributed by atoms with van der Waals surface area (Å²) in [6.07, 6.45) is 0. The molecule has 0 amide bonds. The third kappa shape index (κ3) is 1.45. The number of thiocarbonyl (C=S) groups is 1. The standard InChI is InChI=1S/C9H9NO2S/c1-11-8-4-2-3-7-6(8)5-12-9(13)10-7/h2-4H,5H2,1H3,(H,10,13). The van der Waals surface area contributed by atoms with Gasteiger partial charge in [0.15, 0.2) is 0 Å². The van der Waals surface area contributed by atoms with Crippen molar-refractivity contribution in [1.29, 1.82) is 0 Å². The molecule has 3 nitrogen and oxygen atoms in total. The zero-order valence-electron chi connectivity index (χ0n) is 7.16. The Kier molecular flexibility index (Phi) is 2.06. The summed E-state index contributed by atoms with van der Waals surface area (Å²) in [5, 5.41) is 3.38. The molecule has 13 heavy (non-hydrogen) atoms. The lowest BCUT2D eigenvalue weighted by Gasteiger charge is -2.21. The van der Waals surface area contributed by atoms with Gasteiger partial charge in [-0.05, 0) is 24.4 Å². The summed E-state index contributed by atoms with van der Waals surface area (Å²) in [6, 6.07) is 5.77. The van der Waals surface area contributed by atoms with Crippen molar-refractivity contribution in [3.05, 3.63) is 23.8 Å². The Bertz CT molecular complexity index is 351. The van der Waals surface area contributed by atoms with E-state index in [1.807, 2.05) is 18.2 Å². The molecular weight excluding hydrogens is 186 g/mol. The first kappa shape index (κ1) is 8.31. The van der Waals surface area contributed by atoms with Gasteiger partial charge in [-0.3, -0.25) is 0 Å². The molecule has 4 heteroatoms. The van der Waals surface area contributed by atoms with Gasteiger partial charge in [0.25, 0.3) is 5.17 Å². The number of rotatable bonds is 1. The van der Waals surface area contributed by atoms with Gasteiger partial charge in [0.05, 0.1) is 18.4 Å². The van der Waals surface area contributed by atoms with Crippen LogP contribution in [0.15, 0.2) is 18.2 Å². The molecule has 1 aromatic rings. The van der Waals surface area contributed by atoms with E-state index in [2.05, 4.69) is 5.32 Å². The number of nitrogens with one attached hydrogen (secondary N) is 1. The van der Waals surface area contributed by atoms with Crippen molar-refractivity contribution in [2.24, 2.45) is 0 Å². The summed E-state index contributed by atoms with van der Waals surface area (Å²) in [7, 11) is 1.64. The minimum atomic E-state index is 0.417. The number of benzene rings is 1. The van der Waals surface area contributed by atoms with Gasteiger partial charge < -0.3 is 14.8 Å². The van der Waals surface area contributed by atoms with Crippen LogP contribution in [0.3, 0.4) is 0 Å². The predicted molar refractivity (Wildman–Crippen MR) is 54.0 cm³/mol. The molecule has 0 aliphatic carbocycles. The fraction of sp³-hybridized carbons (Fsp3) is 0.222. The summed E-state index contributed by atoms with van der Waals surface area (Å²) in [5.74, 6) is 0.826. The summed E-state index contributed by atoms with van der Waals surface area (Å²) in [5.41, 5.74) is 1.98. The third-order valence-electron chi connectivity index (χ3n) is 1.94. The molecule has 0 spiro atoms. The van der Waals surface area contributed by atoms with Gasteiger partial charge in [-0.15, -0.1) is 0 Å². The van der Waals surface area contributed by atoms with E-state index in [0.29, 0.717) is 11.8 Å². The molecular formula is C9H9NO2S. The summed E-state index contributed by atoms with van der Waals surface area (Å²) >= 11 is 4.89. The van der Waals surface area contributed by atoms with E-state index in [1.54, 1.807) is 7.11 Å². The third-order valence-corrected chi connectivity index (χ3v) is 2.16. The van der Waals surface area contributed by atoms with Crippen LogP contribution >= 0.6 is 12.2 Å². The maximum atomic E-state index is 5.19. The van der Waals surface area contributed by atoms with Crippen molar-refractivity contribution in [3.63, 3.8) is 0 Å². The van der Waals surface area contributed by atoms with Crippen molar-refractivity contribution < 1.29 is 9.47 Å². The summed E-state index contributed by atoms with van der Waals surface area (Å²) in [4.78, 5) is 0. The van der Waals surface area contributed by atoms with E-state index in [1.165, 1.54) is 0 Å². The van der Waals surface area contributed by atoms with Crippen LogP contribution in [0.5, 0.6) is 5.75 Å². The maximum Gasteiger partial charge on any atom is 0.261 e. The van der Waals surface area contributed by atoms with E-state index >= 15 is 0 Å². The lowest BCUT2D eigenvalue weighted by molar-refractivity contribution is 0.285. The molecule has 0 fully saturated rings. The van der Waals surface area contributed by atoms with E-state index < -0.39 is 0 Å². The molecule has 2 rings (SSSR count). The molecule has 0 saturated carbocycles. The smallest absolute Gasteiger partial charge is 0.261 e. The van der Waals surface area contributed by atoms with Gasteiger partial charge in [-0.1, -0.05) is 6.07 Å². The van der Waals surface area contributed by atoms with Gasteiger partial charge in [0.2, 0.25) is 0 Å². The lowest BCUT2D eigenvalue weighted by Crippen LogP contribution is -2.20. The van der Waals surface area contributed by atoms with Crippen LogP contribution in [0.4, 0.5) is 5.69 Å². The molecule has 0 unspecified atom stereocenters. The monoisotopic (exact) mass is 195 g/mol. The van der Waals surface area contributed by atoms with Gasteiger partial charge in [0, 0.05) is 0 Å². The fourth-order valence-electron chi connectivity index (χ4n) is 1.31. The molecule has 1 heterocycles. The van der Waals surface area contributed by atoms with Crippen LogP contribution in [0.25, 0.3) is 0 Å². The number of fused-ring (bicyclic) bond motifs is 1. The molecule has 68 valence electrons. The van der Waals surface area contributed by atoms with E-state index in [-0.39, 0.29) is 0 Å². The van der Waals surface area contributed by atoms with E-state index in [4.69, 9.17) is 21.7 Å². The normalized spacial score (nSPS) is 14.1. The van der Waals surface area contributed by atoms with Crippen LogP contribution in [0.1, 0.15) is 5.56 Å². The Hall–Kier alpha value is -1.29. The molecule has 0 aromatic heterocycles. The number of ether oxygens (including phenoxy) is 2. The Morgan fingerprint density at radius 2 is 2.38 bits per heavy atom. The number of hydrogen-bond donors (Lipinski definition) is 1.